The van der Waals surface area contributed by atoms with Gasteiger partial charge in [-0.05, 0) is 6.92 Å². The molecule has 0 bridgehead atoms. The van der Waals surface area contributed by atoms with Crippen LogP contribution in [-0.4, -0.2) is 0 Å². The van der Waals surface area contributed by atoms with Gasteiger partial charge in [-0.3, -0.25) is 11.3 Å². The minimum Gasteiger partial charge on any atom is -0.270 e. The molecule has 8 heavy (non-hydrogen) atoms. The number of hydrogen-bond donors (Lipinski definition) is 0. The molecule has 0 radical (unpaired) electrons. The quantitative estimate of drug-likeness (QED) is 0.402. The summed E-state index contributed by atoms with van der Waals surface area (Å²) in [5.74, 6) is 0. The van der Waals surface area contributed by atoms with Gasteiger partial charge in [0.1, 0.15) is 0 Å². The van der Waals surface area contributed by atoms with Crippen molar-refractivity contribution in [1.82, 2.24) is 0 Å². The minimum atomic E-state index is 0. The summed E-state index contributed by atoms with van der Waals surface area (Å²) < 4.78 is 0. The van der Waals surface area contributed by atoms with E-state index < -0.39 is 0 Å². The number of aryl methyl sites for hydroxylation is 2. The Bertz CT molecular complexity index is 141. The van der Waals surface area contributed by atoms with Gasteiger partial charge in [0.25, 0.3) is 0 Å². The van der Waals surface area contributed by atoms with E-state index in [-0.39, 0.29) is 21.7 Å². The van der Waals surface area contributed by atoms with E-state index in [1.165, 1.54) is 10.4 Å². The monoisotopic (exact) mass is 159 g/mol. The Labute approximate surface area is 68.8 Å². The Balaban J connectivity index is 0.000000490. The fourth-order valence-electron chi connectivity index (χ4n) is 0.513. The summed E-state index contributed by atoms with van der Waals surface area (Å²) in [5.41, 5.74) is 1.25. The van der Waals surface area contributed by atoms with Gasteiger partial charge >= 0.3 is 0 Å². The van der Waals surface area contributed by atoms with Crippen molar-refractivity contribution >= 4 is 11.3 Å². The van der Waals surface area contributed by atoms with Crippen LogP contribution in [0.3, 0.4) is 0 Å². The molecule has 0 fully saturated rings. The van der Waals surface area contributed by atoms with Crippen LogP contribution in [0.1, 0.15) is 10.4 Å². The van der Waals surface area contributed by atoms with Gasteiger partial charge in [0.05, 0.1) is 0 Å². The van der Waals surface area contributed by atoms with Gasteiger partial charge in [-0.25, -0.2) is 11.6 Å². The molecule has 0 spiro atoms. The Morgan fingerprint density at radius 1 is 1.50 bits per heavy atom. The topological polar surface area (TPSA) is 0 Å². The van der Waals surface area contributed by atoms with Crippen LogP contribution >= 0.6 is 11.3 Å². The molecule has 0 aliphatic heterocycles. The van der Waals surface area contributed by atoms with Gasteiger partial charge in [0, 0.05) is 21.7 Å². The molecule has 1 rings (SSSR count). The molecular weight excluding hydrogens is 152 g/mol. The maximum Gasteiger partial charge on any atom is 0 e. The Kier molecular flexibility index (Phi) is 3.62. The molecular formula is C6H7STi-. The maximum atomic E-state index is 3.16. The molecule has 0 saturated heterocycles. The van der Waals surface area contributed by atoms with Crippen LogP contribution in [0.5, 0.6) is 0 Å². The van der Waals surface area contributed by atoms with Crippen LogP contribution in [0.25, 0.3) is 0 Å². The van der Waals surface area contributed by atoms with E-state index in [1.54, 1.807) is 11.3 Å². The van der Waals surface area contributed by atoms with E-state index in [4.69, 9.17) is 0 Å². The molecule has 0 aromatic carbocycles. The van der Waals surface area contributed by atoms with Crippen molar-refractivity contribution in [2.45, 2.75) is 13.8 Å². The summed E-state index contributed by atoms with van der Waals surface area (Å²) in [5, 5.41) is 2.11. The predicted molar refractivity (Wildman–Crippen MR) is 32.6 cm³/mol. The molecule has 0 aliphatic carbocycles. The van der Waals surface area contributed by atoms with E-state index in [9.17, 15) is 0 Å². The number of hydrogen-bond acceptors (Lipinski definition) is 1. The molecule has 2 heteroatoms. The summed E-state index contributed by atoms with van der Waals surface area (Å²) in [6, 6.07) is 3.16. The van der Waals surface area contributed by atoms with Crippen molar-refractivity contribution in [3.05, 3.63) is 21.9 Å². The third-order valence-electron chi connectivity index (χ3n) is 0.786. The smallest absolute Gasteiger partial charge is 0 e. The molecule has 1 aromatic rings. The summed E-state index contributed by atoms with van der Waals surface area (Å²) in [7, 11) is 0. The molecule has 0 unspecified atom stereocenters. The van der Waals surface area contributed by atoms with Gasteiger partial charge < -0.3 is 0 Å². The zero-order chi connectivity index (χ0) is 5.28. The predicted octanol–water partition coefficient (Wildman–Crippen LogP) is 2.16. The third-order valence-corrected chi connectivity index (χ3v) is 1.71. The molecule has 0 amide bonds. The summed E-state index contributed by atoms with van der Waals surface area (Å²) in [6.45, 7) is 4.13. The molecule has 1 heterocycles. The van der Waals surface area contributed by atoms with Crippen molar-refractivity contribution < 1.29 is 21.7 Å². The van der Waals surface area contributed by atoms with Gasteiger partial charge in [-0.15, -0.1) is 4.88 Å². The second kappa shape index (κ2) is 3.44. The first-order valence-corrected chi connectivity index (χ1v) is 3.11. The first-order chi connectivity index (χ1) is 3.29. The van der Waals surface area contributed by atoms with Crippen molar-refractivity contribution in [1.29, 1.82) is 0 Å². The van der Waals surface area contributed by atoms with E-state index in [0.29, 0.717) is 0 Å². The molecule has 0 N–H and O–H groups in total. The molecule has 42 valence electrons. The number of rotatable bonds is 0. The van der Waals surface area contributed by atoms with E-state index in [0.717, 1.165) is 0 Å². The fourth-order valence-corrected chi connectivity index (χ4v) is 1.15. The maximum absolute atomic E-state index is 3.16. The van der Waals surface area contributed by atoms with Crippen molar-refractivity contribution in [3.63, 3.8) is 0 Å². The summed E-state index contributed by atoms with van der Waals surface area (Å²) >= 11 is 1.75. The van der Waals surface area contributed by atoms with E-state index in [2.05, 4.69) is 25.3 Å². The average molecular weight is 159 g/mol. The van der Waals surface area contributed by atoms with Gasteiger partial charge in [-0.1, -0.05) is 6.92 Å². The van der Waals surface area contributed by atoms with E-state index >= 15 is 0 Å². The summed E-state index contributed by atoms with van der Waals surface area (Å²) in [4.78, 5) is 1.28. The first kappa shape index (κ1) is 8.41. The Hall–Kier alpha value is 0.414. The Morgan fingerprint density at radius 2 is 2.12 bits per heavy atom. The van der Waals surface area contributed by atoms with Crippen LogP contribution in [0.4, 0.5) is 0 Å². The Morgan fingerprint density at radius 3 is 2.25 bits per heavy atom. The standard InChI is InChI=1S/C6H7S.Ti/c1-5-3-6(2)7-4-5;/h4H,1-2H3;/q-1;. The van der Waals surface area contributed by atoms with Crippen LogP contribution in [-0.2, 0) is 21.7 Å². The van der Waals surface area contributed by atoms with Gasteiger partial charge in [0.15, 0.2) is 0 Å². The summed E-state index contributed by atoms with van der Waals surface area (Å²) in [6.07, 6.45) is 0. The van der Waals surface area contributed by atoms with Crippen molar-refractivity contribution in [3.8, 4) is 0 Å². The van der Waals surface area contributed by atoms with Gasteiger partial charge in [0.2, 0.25) is 0 Å². The van der Waals surface area contributed by atoms with E-state index in [1.807, 2.05) is 0 Å². The van der Waals surface area contributed by atoms with Crippen LogP contribution < -0.4 is 0 Å². The average Bonchev–Trinajstić information content (AvgIpc) is 1.87. The number of thiophene rings is 1. The van der Waals surface area contributed by atoms with Crippen molar-refractivity contribution in [2.24, 2.45) is 0 Å². The largest absolute Gasteiger partial charge is 0.270 e. The molecule has 0 aliphatic rings. The molecule has 0 atom stereocenters. The molecule has 0 saturated carbocycles. The molecule has 1 aromatic heterocycles. The zero-order valence-corrected chi connectivity index (χ0v) is 7.36. The fraction of sp³-hybridized carbons (Fsp3) is 0.333. The van der Waals surface area contributed by atoms with Crippen LogP contribution in [0, 0.1) is 19.9 Å². The van der Waals surface area contributed by atoms with Crippen LogP contribution in [0.2, 0.25) is 0 Å². The van der Waals surface area contributed by atoms with Crippen LogP contribution in [0.15, 0.2) is 5.38 Å². The molecule has 0 nitrogen and oxygen atoms in total. The SMILES string of the molecule is Cc1[c-]c(C)sc1.[Ti]. The second-order valence-electron chi connectivity index (χ2n) is 1.60. The third kappa shape index (κ3) is 2.12. The van der Waals surface area contributed by atoms with Crippen molar-refractivity contribution in [2.75, 3.05) is 0 Å². The minimum absolute atomic E-state index is 0. The normalized spacial score (nSPS) is 8.25. The second-order valence-corrected chi connectivity index (χ2v) is 2.68. The zero-order valence-electron chi connectivity index (χ0n) is 4.99. The van der Waals surface area contributed by atoms with Gasteiger partial charge in [-0.2, -0.15) is 5.38 Å². The first-order valence-electron chi connectivity index (χ1n) is 2.23.